The van der Waals surface area contributed by atoms with Gasteiger partial charge in [-0.3, -0.25) is 4.79 Å². The minimum atomic E-state index is 0.0174. The minimum Gasteiger partial charge on any atom is -0.490 e. The Kier molecular flexibility index (Phi) is 5.83. The lowest BCUT2D eigenvalue weighted by atomic mass is 10.1. The fourth-order valence-electron chi connectivity index (χ4n) is 3.61. The summed E-state index contributed by atoms with van der Waals surface area (Å²) in [6.07, 6.45) is 2.46. The van der Waals surface area contributed by atoms with E-state index >= 15 is 0 Å². The van der Waals surface area contributed by atoms with Gasteiger partial charge in [0.25, 0.3) is 5.91 Å². The number of carbonyl (C=O) groups excluding carboxylic acids is 1. The van der Waals surface area contributed by atoms with Gasteiger partial charge in [-0.25, -0.2) is 0 Å². The van der Waals surface area contributed by atoms with Crippen molar-refractivity contribution in [3.8, 4) is 11.5 Å². The maximum absolute atomic E-state index is 13.0. The van der Waals surface area contributed by atoms with Crippen molar-refractivity contribution in [1.82, 2.24) is 15.1 Å². The van der Waals surface area contributed by atoms with Gasteiger partial charge in [0.05, 0.1) is 18.9 Å². The van der Waals surface area contributed by atoms with Crippen LogP contribution in [0.3, 0.4) is 0 Å². The van der Waals surface area contributed by atoms with Gasteiger partial charge in [0, 0.05) is 37.7 Å². The zero-order valence-corrected chi connectivity index (χ0v) is 17.1. The van der Waals surface area contributed by atoms with Crippen LogP contribution in [0.5, 0.6) is 11.5 Å². The maximum atomic E-state index is 13.0. The molecule has 2 aromatic rings. The van der Waals surface area contributed by atoms with Gasteiger partial charge in [-0.1, -0.05) is 0 Å². The molecular weight excluding hydrogens is 368 g/mol. The first-order valence-corrected chi connectivity index (χ1v) is 10.5. The van der Waals surface area contributed by atoms with Crippen LogP contribution in [0, 0.1) is 0 Å². The van der Waals surface area contributed by atoms with E-state index in [1.54, 1.807) is 6.07 Å². The zero-order valence-electron chi connectivity index (χ0n) is 17.1. The highest BCUT2D eigenvalue weighted by molar-refractivity contribution is 5.95. The largest absolute Gasteiger partial charge is 0.490 e. The first-order valence-electron chi connectivity index (χ1n) is 10.5. The van der Waals surface area contributed by atoms with E-state index in [9.17, 15) is 4.79 Å². The molecule has 0 N–H and O–H groups in total. The number of piperazine rings is 1. The number of amides is 1. The molecule has 1 aromatic heterocycles. The number of carbonyl (C=O) groups is 1. The molecule has 154 valence electrons. The number of aromatic nitrogens is 2. The van der Waals surface area contributed by atoms with E-state index in [1.807, 2.05) is 30.9 Å². The molecule has 1 saturated carbocycles. The van der Waals surface area contributed by atoms with Crippen molar-refractivity contribution in [2.24, 2.45) is 0 Å². The van der Waals surface area contributed by atoms with Crippen molar-refractivity contribution in [3.63, 3.8) is 0 Å². The Hall–Kier alpha value is -2.83. The quantitative estimate of drug-likeness (QED) is 0.716. The Labute approximate surface area is 171 Å². The van der Waals surface area contributed by atoms with Gasteiger partial charge in [0.2, 0.25) is 0 Å². The minimum absolute atomic E-state index is 0.0174. The van der Waals surface area contributed by atoms with Gasteiger partial charge in [-0.05, 0) is 57.0 Å². The summed E-state index contributed by atoms with van der Waals surface area (Å²) in [5.74, 6) is 2.81. The van der Waals surface area contributed by atoms with Crippen LogP contribution in [0.15, 0.2) is 30.3 Å². The van der Waals surface area contributed by atoms with Crippen LogP contribution in [-0.2, 0) is 0 Å². The summed E-state index contributed by atoms with van der Waals surface area (Å²) in [6, 6.07) is 9.55. The van der Waals surface area contributed by atoms with E-state index in [-0.39, 0.29) is 5.91 Å². The standard InChI is InChI=1S/C22H28N4O3/c1-3-28-19-9-7-17(15-20(19)29-4-2)22(27)26-13-11-25(12-14-26)21-10-8-18(23-24-21)16-5-6-16/h7-10,15-16H,3-6,11-14H2,1-2H3. The number of ether oxygens (including phenoxy) is 2. The summed E-state index contributed by atoms with van der Waals surface area (Å²) in [5, 5.41) is 8.76. The summed E-state index contributed by atoms with van der Waals surface area (Å²) >= 11 is 0. The molecule has 4 rings (SSSR count). The Morgan fingerprint density at radius 3 is 2.31 bits per heavy atom. The normalized spacial score (nSPS) is 16.6. The number of hydrogen-bond donors (Lipinski definition) is 0. The Morgan fingerprint density at radius 1 is 0.966 bits per heavy atom. The molecule has 0 atom stereocenters. The zero-order chi connectivity index (χ0) is 20.2. The number of hydrogen-bond acceptors (Lipinski definition) is 6. The third kappa shape index (κ3) is 4.44. The predicted molar refractivity (Wildman–Crippen MR) is 111 cm³/mol. The van der Waals surface area contributed by atoms with Gasteiger partial charge in [-0.2, -0.15) is 5.10 Å². The van der Waals surface area contributed by atoms with E-state index < -0.39 is 0 Å². The smallest absolute Gasteiger partial charge is 0.254 e. The fourth-order valence-corrected chi connectivity index (χ4v) is 3.61. The second-order valence-corrected chi connectivity index (χ2v) is 7.40. The highest BCUT2D eigenvalue weighted by Crippen LogP contribution is 2.38. The van der Waals surface area contributed by atoms with Crippen LogP contribution in [0.1, 0.15) is 48.7 Å². The Morgan fingerprint density at radius 2 is 1.69 bits per heavy atom. The highest BCUT2D eigenvalue weighted by Gasteiger charge is 2.27. The van der Waals surface area contributed by atoms with Crippen molar-refractivity contribution in [3.05, 3.63) is 41.6 Å². The SMILES string of the molecule is CCOc1ccc(C(=O)N2CCN(c3ccc(C4CC4)nn3)CC2)cc1OCC. The molecule has 2 fully saturated rings. The Balaban J connectivity index is 1.38. The molecular formula is C22H28N4O3. The topological polar surface area (TPSA) is 67.8 Å². The van der Waals surface area contributed by atoms with Crippen LogP contribution in [-0.4, -0.2) is 60.4 Å². The lowest BCUT2D eigenvalue weighted by molar-refractivity contribution is 0.0746. The molecule has 1 aromatic carbocycles. The summed E-state index contributed by atoms with van der Waals surface area (Å²) < 4.78 is 11.2. The maximum Gasteiger partial charge on any atom is 0.254 e. The van der Waals surface area contributed by atoms with E-state index in [2.05, 4.69) is 27.2 Å². The molecule has 2 aliphatic rings. The van der Waals surface area contributed by atoms with E-state index in [1.165, 1.54) is 12.8 Å². The molecule has 1 saturated heterocycles. The molecule has 7 nitrogen and oxygen atoms in total. The van der Waals surface area contributed by atoms with Crippen LogP contribution in [0.4, 0.5) is 5.82 Å². The van der Waals surface area contributed by atoms with Gasteiger partial charge in [-0.15, -0.1) is 5.10 Å². The lowest BCUT2D eigenvalue weighted by Gasteiger charge is -2.35. The molecule has 0 unspecified atom stereocenters. The van der Waals surface area contributed by atoms with Gasteiger partial charge in [0.15, 0.2) is 17.3 Å². The van der Waals surface area contributed by atoms with Crippen molar-refractivity contribution in [2.45, 2.75) is 32.6 Å². The predicted octanol–water partition coefficient (Wildman–Crippen LogP) is 3.11. The van der Waals surface area contributed by atoms with Gasteiger partial charge >= 0.3 is 0 Å². The van der Waals surface area contributed by atoms with Crippen LogP contribution < -0.4 is 14.4 Å². The van der Waals surface area contributed by atoms with E-state index in [0.717, 1.165) is 24.6 Å². The third-order valence-corrected chi connectivity index (χ3v) is 5.35. The highest BCUT2D eigenvalue weighted by atomic mass is 16.5. The third-order valence-electron chi connectivity index (χ3n) is 5.35. The first-order chi connectivity index (χ1) is 14.2. The lowest BCUT2D eigenvalue weighted by Crippen LogP contribution is -2.49. The van der Waals surface area contributed by atoms with Crippen LogP contribution in [0.25, 0.3) is 0 Å². The number of benzene rings is 1. The van der Waals surface area contributed by atoms with Crippen LogP contribution >= 0.6 is 0 Å². The van der Waals surface area contributed by atoms with Crippen molar-refractivity contribution < 1.29 is 14.3 Å². The van der Waals surface area contributed by atoms with E-state index in [4.69, 9.17) is 9.47 Å². The molecule has 2 heterocycles. The molecule has 0 radical (unpaired) electrons. The average molecular weight is 396 g/mol. The molecule has 7 heteroatoms. The molecule has 1 amide bonds. The van der Waals surface area contributed by atoms with Crippen molar-refractivity contribution in [2.75, 3.05) is 44.3 Å². The molecule has 1 aliphatic heterocycles. The first kappa shape index (κ1) is 19.5. The Bertz CT molecular complexity index is 844. The van der Waals surface area contributed by atoms with Crippen molar-refractivity contribution in [1.29, 1.82) is 0 Å². The van der Waals surface area contributed by atoms with Crippen molar-refractivity contribution >= 4 is 11.7 Å². The second kappa shape index (κ2) is 8.68. The summed E-state index contributed by atoms with van der Waals surface area (Å²) in [6.45, 7) is 7.74. The second-order valence-electron chi connectivity index (χ2n) is 7.40. The number of anilines is 1. The summed E-state index contributed by atoms with van der Waals surface area (Å²) in [4.78, 5) is 17.1. The summed E-state index contributed by atoms with van der Waals surface area (Å²) in [5.41, 5.74) is 1.72. The molecule has 29 heavy (non-hydrogen) atoms. The molecule has 0 spiro atoms. The van der Waals surface area contributed by atoms with Gasteiger partial charge < -0.3 is 19.3 Å². The summed E-state index contributed by atoms with van der Waals surface area (Å²) in [7, 11) is 0. The fraction of sp³-hybridized carbons (Fsp3) is 0.500. The average Bonchev–Trinajstić information content (AvgIpc) is 3.61. The number of nitrogens with zero attached hydrogens (tertiary/aromatic N) is 4. The van der Waals surface area contributed by atoms with E-state index in [0.29, 0.717) is 49.3 Å². The molecule has 1 aliphatic carbocycles. The van der Waals surface area contributed by atoms with Gasteiger partial charge in [0.1, 0.15) is 0 Å². The number of rotatable bonds is 7. The molecule has 0 bridgehead atoms. The van der Waals surface area contributed by atoms with Crippen LogP contribution in [0.2, 0.25) is 0 Å². The monoisotopic (exact) mass is 396 g/mol.